The first-order valence-electron chi connectivity index (χ1n) is 9.92. The quantitative estimate of drug-likeness (QED) is 0.177. The molecule has 0 bridgehead atoms. The van der Waals surface area contributed by atoms with Crippen LogP contribution in [0.2, 0.25) is 0 Å². The summed E-state index contributed by atoms with van der Waals surface area (Å²) in [7, 11) is -6.31. The summed E-state index contributed by atoms with van der Waals surface area (Å²) in [5, 5.41) is 2.79. The molecule has 0 aliphatic rings. The van der Waals surface area contributed by atoms with Gasteiger partial charge in [0.15, 0.2) is 0 Å². The maximum atomic E-state index is 10.7. The van der Waals surface area contributed by atoms with Crippen molar-refractivity contribution in [1.82, 2.24) is 0 Å². The molecule has 0 saturated heterocycles. The predicted octanol–water partition coefficient (Wildman–Crippen LogP) is 6.89. The van der Waals surface area contributed by atoms with E-state index in [1.807, 2.05) is 11.4 Å². The van der Waals surface area contributed by atoms with E-state index in [1.165, 1.54) is 26.6 Å². The van der Waals surface area contributed by atoms with Gasteiger partial charge < -0.3 is 0 Å². The fourth-order valence-electron chi connectivity index (χ4n) is 2.83. The van der Waals surface area contributed by atoms with E-state index in [-0.39, 0.29) is 0 Å². The van der Waals surface area contributed by atoms with E-state index < -0.39 is 22.7 Å². The number of benzene rings is 4. The van der Waals surface area contributed by atoms with Crippen LogP contribution in [0.4, 0.5) is 13.2 Å². The number of rotatable bonds is 5. The molecule has 0 atom stereocenters. The fourth-order valence-corrected chi connectivity index (χ4v) is 7.05. The predicted molar refractivity (Wildman–Crippen MR) is 134 cm³/mol. The Morgan fingerprint density at radius 2 is 0.971 bits per heavy atom. The van der Waals surface area contributed by atoms with E-state index in [0.717, 1.165) is 0 Å². The minimum atomic E-state index is -5.84. The average molecular weight is 521 g/mol. The second kappa shape index (κ2) is 11.7. The third-order valence-electron chi connectivity index (χ3n) is 4.43. The summed E-state index contributed by atoms with van der Waals surface area (Å²) < 4.78 is 57.5. The van der Waals surface area contributed by atoms with Gasteiger partial charge in [0, 0.05) is 12.0 Å². The van der Waals surface area contributed by atoms with Gasteiger partial charge in [0.25, 0.3) is 0 Å². The molecule has 0 spiro atoms. The van der Waals surface area contributed by atoms with Gasteiger partial charge in [-0.1, -0.05) is 115 Å². The molecular weight excluding hydrogens is 500 g/mol. The molecule has 4 rings (SSSR count). The Balaban J connectivity index is 0.000000350. The first kappa shape index (κ1) is 26.0. The van der Waals surface area contributed by atoms with Gasteiger partial charge in [-0.2, -0.15) is 21.6 Å². The summed E-state index contributed by atoms with van der Waals surface area (Å²) in [5.74, 6) is 0. The lowest BCUT2D eigenvalue weighted by Crippen LogP contribution is -2.21. The molecule has 0 heterocycles. The Bertz CT molecular complexity index is 1230. The van der Waals surface area contributed by atoms with Gasteiger partial charge in [-0.25, -0.2) is 0 Å². The smallest absolute Gasteiger partial charge is 0.279 e. The Labute approximate surface area is 201 Å². The van der Waals surface area contributed by atoms with Crippen LogP contribution in [0, 0.1) is 0 Å². The lowest BCUT2D eigenvalue weighted by Gasteiger charge is -2.18. The van der Waals surface area contributed by atoms with E-state index in [0.29, 0.717) is 0 Å². The van der Waals surface area contributed by atoms with Gasteiger partial charge in [0.2, 0.25) is 0 Å². The van der Waals surface area contributed by atoms with E-state index in [2.05, 4.69) is 115 Å². The highest BCUT2D eigenvalue weighted by atomic mass is 32.7. The van der Waals surface area contributed by atoms with Crippen LogP contribution >= 0.6 is 18.5 Å². The molecule has 0 aliphatic heterocycles. The summed E-state index contributed by atoms with van der Waals surface area (Å²) in [4.78, 5) is 1.31. The number of alkyl halides is 3. The Kier molecular flexibility index (Phi) is 8.91. The van der Waals surface area contributed by atoms with Crippen LogP contribution in [0.1, 0.15) is 0 Å². The largest absolute Gasteiger partial charge is 0.522 e. The Morgan fingerprint density at radius 3 is 1.35 bits per heavy atom. The summed E-state index contributed by atoms with van der Waals surface area (Å²) in [6.45, 7) is 0. The van der Waals surface area contributed by atoms with E-state index in [9.17, 15) is 13.2 Å². The minimum absolute atomic E-state index is 0.474. The van der Waals surface area contributed by atoms with Crippen molar-refractivity contribution in [1.29, 1.82) is 0 Å². The molecule has 3 nitrogen and oxygen atoms in total. The van der Waals surface area contributed by atoms with Crippen LogP contribution in [0.25, 0.3) is 11.1 Å². The zero-order chi connectivity index (χ0) is 24.6. The van der Waals surface area contributed by atoms with Crippen molar-refractivity contribution in [3.63, 3.8) is 0 Å². The van der Waals surface area contributed by atoms with E-state index in [4.69, 9.17) is 13.0 Å². The molecule has 0 unspecified atom stereocenters. The van der Waals surface area contributed by atoms with Crippen LogP contribution in [0.3, 0.4) is 0 Å². The summed E-state index contributed by atoms with van der Waals surface area (Å²) in [6.07, 6.45) is 0. The van der Waals surface area contributed by atoms with Crippen molar-refractivity contribution >= 4 is 39.2 Å². The fraction of sp³-hybridized carbons (Fsp3) is 0.0400. The van der Waals surface area contributed by atoms with Crippen molar-refractivity contribution in [2.45, 2.75) is 10.4 Å². The van der Waals surface area contributed by atoms with E-state index in [1.54, 1.807) is 0 Å². The Morgan fingerprint density at radius 1 is 0.618 bits per heavy atom. The number of hydrogen-bond acceptors (Lipinski definition) is 3. The normalized spacial score (nSPS) is 11.6. The van der Waals surface area contributed by atoms with Crippen molar-refractivity contribution in [3.05, 3.63) is 115 Å². The molecule has 1 N–H and O–H groups in total. The van der Waals surface area contributed by atoms with Gasteiger partial charge >= 0.3 is 15.6 Å². The summed E-state index contributed by atoms with van der Waals surface area (Å²) >= 11 is 1.96. The SMILES string of the molecule is O=S(=O)(O)C(F)(F)F.c1ccc(-c2ccc(SP(c3ccccc3)c3ccccc3)cc2)cc1. The lowest BCUT2D eigenvalue weighted by atomic mass is 10.1. The van der Waals surface area contributed by atoms with Crippen molar-refractivity contribution < 1.29 is 26.1 Å². The summed E-state index contributed by atoms with van der Waals surface area (Å²) in [5.41, 5.74) is -3.01. The minimum Gasteiger partial charge on any atom is -0.279 e. The topological polar surface area (TPSA) is 54.4 Å². The highest BCUT2D eigenvalue weighted by molar-refractivity contribution is 8.60. The molecule has 0 aliphatic carbocycles. The zero-order valence-electron chi connectivity index (χ0n) is 17.6. The van der Waals surface area contributed by atoms with E-state index >= 15 is 0 Å². The molecule has 34 heavy (non-hydrogen) atoms. The highest BCUT2D eigenvalue weighted by Crippen LogP contribution is 2.52. The molecule has 0 fully saturated rings. The Hall–Kier alpha value is -2.64. The van der Waals surface area contributed by atoms with Crippen LogP contribution in [-0.2, 0) is 10.1 Å². The maximum Gasteiger partial charge on any atom is 0.522 e. The molecule has 4 aromatic carbocycles. The first-order valence-corrected chi connectivity index (χ1v) is 14.1. The number of halogens is 3. The second-order valence-electron chi connectivity index (χ2n) is 6.87. The van der Waals surface area contributed by atoms with Gasteiger partial charge in [0.1, 0.15) is 0 Å². The molecule has 9 heteroatoms. The first-order chi connectivity index (χ1) is 16.1. The molecular formula is C25H20F3O3PS2. The molecule has 0 radical (unpaired) electrons. The summed E-state index contributed by atoms with van der Waals surface area (Å²) in [6, 6.07) is 41.1. The van der Waals surface area contributed by atoms with Gasteiger partial charge in [-0.15, -0.1) is 0 Å². The van der Waals surface area contributed by atoms with Gasteiger partial charge in [0.05, 0.1) is 0 Å². The van der Waals surface area contributed by atoms with Gasteiger partial charge in [-0.05, 0) is 33.9 Å². The second-order valence-corrected chi connectivity index (χ2v) is 12.2. The molecule has 4 aromatic rings. The molecule has 0 aromatic heterocycles. The van der Waals surface area contributed by atoms with Crippen molar-refractivity contribution in [2.75, 3.05) is 0 Å². The monoisotopic (exact) mass is 520 g/mol. The molecule has 0 amide bonds. The maximum absolute atomic E-state index is 10.7. The van der Waals surface area contributed by atoms with Crippen molar-refractivity contribution in [2.24, 2.45) is 0 Å². The van der Waals surface area contributed by atoms with Gasteiger partial charge in [-0.3, -0.25) is 4.55 Å². The third kappa shape index (κ3) is 7.43. The zero-order valence-corrected chi connectivity index (χ0v) is 20.2. The number of hydrogen-bond donors (Lipinski definition) is 1. The molecule has 0 saturated carbocycles. The van der Waals surface area contributed by atoms with Crippen LogP contribution in [-0.4, -0.2) is 18.5 Å². The highest BCUT2D eigenvalue weighted by Gasteiger charge is 2.44. The van der Waals surface area contributed by atoms with Crippen LogP contribution < -0.4 is 10.6 Å². The van der Waals surface area contributed by atoms with Crippen molar-refractivity contribution in [3.8, 4) is 11.1 Å². The van der Waals surface area contributed by atoms with Crippen LogP contribution in [0.15, 0.2) is 120 Å². The molecule has 176 valence electrons. The standard InChI is InChI=1S/C24H19PS.CHF3O3S/c1-4-10-20(11-5-1)21-16-18-24(19-17-21)26-25(22-12-6-2-7-13-22)23-14-8-3-9-15-23;2-1(3,4)8(5,6)7/h1-19H;(H,5,6,7). The lowest BCUT2D eigenvalue weighted by molar-refractivity contribution is -0.0510. The average Bonchev–Trinajstić information content (AvgIpc) is 2.84. The third-order valence-corrected chi connectivity index (χ3v) is 9.66. The van der Waals surface area contributed by atoms with Crippen LogP contribution in [0.5, 0.6) is 0 Å².